The summed E-state index contributed by atoms with van der Waals surface area (Å²) in [7, 11) is 0. The largest absolute Gasteiger partial charge is 0.456 e. The Labute approximate surface area is 117 Å². The van der Waals surface area contributed by atoms with Crippen molar-refractivity contribution in [1.29, 1.82) is 0 Å². The first kappa shape index (κ1) is 13.9. The summed E-state index contributed by atoms with van der Waals surface area (Å²) in [5, 5.41) is 19.0. The number of halogens is 1. The lowest BCUT2D eigenvalue weighted by atomic mass is 10.1. The molecule has 4 heteroatoms. The second kappa shape index (κ2) is 6.06. The molecule has 19 heavy (non-hydrogen) atoms. The SMILES string of the molecule is CC(O)c1ccc(Oc2cccc(CO)c2)c(Cl)c1. The molecule has 0 bridgehead atoms. The third-order valence-corrected chi connectivity index (χ3v) is 3.04. The summed E-state index contributed by atoms with van der Waals surface area (Å²) in [6, 6.07) is 12.3. The minimum absolute atomic E-state index is 0.0358. The van der Waals surface area contributed by atoms with Crippen LogP contribution in [0.15, 0.2) is 42.5 Å². The highest BCUT2D eigenvalue weighted by Gasteiger charge is 2.07. The summed E-state index contributed by atoms with van der Waals surface area (Å²) >= 11 is 6.11. The van der Waals surface area contributed by atoms with Crippen LogP contribution in [0.5, 0.6) is 11.5 Å². The average molecular weight is 279 g/mol. The van der Waals surface area contributed by atoms with Crippen molar-refractivity contribution in [2.75, 3.05) is 0 Å². The molecule has 0 fully saturated rings. The second-order valence-corrected chi connectivity index (χ2v) is 4.68. The van der Waals surface area contributed by atoms with Crippen molar-refractivity contribution < 1.29 is 14.9 Å². The molecule has 100 valence electrons. The smallest absolute Gasteiger partial charge is 0.146 e. The molecule has 1 unspecified atom stereocenters. The van der Waals surface area contributed by atoms with Gasteiger partial charge in [0.1, 0.15) is 11.5 Å². The highest BCUT2D eigenvalue weighted by Crippen LogP contribution is 2.31. The van der Waals surface area contributed by atoms with Crippen molar-refractivity contribution in [3.63, 3.8) is 0 Å². The molecule has 0 amide bonds. The normalized spacial score (nSPS) is 12.2. The lowest BCUT2D eigenvalue weighted by molar-refractivity contribution is 0.199. The number of aliphatic hydroxyl groups is 2. The lowest BCUT2D eigenvalue weighted by Gasteiger charge is -2.11. The van der Waals surface area contributed by atoms with E-state index in [4.69, 9.17) is 21.4 Å². The molecule has 2 rings (SSSR count). The van der Waals surface area contributed by atoms with Gasteiger partial charge in [0.2, 0.25) is 0 Å². The van der Waals surface area contributed by atoms with Crippen LogP contribution in [0.25, 0.3) is 0 Å². The van der Waals surface area contributed by atoms with Crippen molar-refractivity contribution in [2.45, 2.75) is 19.6 Å². The van der Waals surface area contributed by atoms with E-state index in [1.165, 1.54) is 0 Å². The first-order valence-corrected chi connectivity index (χ1v) is 6.33. The molecule has 2 N–H and O–H groups in total. The Morgan fingerprint density at radius 3 is 2.63 bits per heavy atom. The zero-order chi connectivity index (χ0) is 13.8. The van der Waals surface area contributed by atoms with E-state index in [0.29, 0.717) is 16.5 Å². The van der Waals surface area contributed by atoms with Crippen LogP contribution in [-0.4, -0.2) is 10.2 Å². The Kier molecular flexibility index (Phi) is 4.43. The van der Waals surface area contributed by atoms with Crippen LogP contribution in [0.1, 0.15) is 24.2 Å². The third-order valence-electron chi connectivity index (χ3n) is 2.75. The van der Waals surface area contributed by atoms with Crippen molar-refractivity contribution in [3.8, 4) is 11.5 Å². The van der Waals surface area contributed by atoms with Crippen molar-refractivity contribution in [1.82, 2.24) is 0 Å². The Morgan fingerprint density at radius 2 is 2.00 bits per heavy atom. The molecule has 0 aliphatic carbocycles. The Balaban J connectivity index is 2.23. The zero-order valence-electron chi connectivity index (χ0n) is 10.5. The number of benzene rings is 2. The Hall–Kier alpha value is -1.55. The topological polar surface area (TPSA) is 49.7 Å². The molecule has 0 saturated carbocycles. The van der Waals surface area contributed by atoms with Crippen LogP contribution < -0.4 is 4.74 Å². The number of aliphatic hydroxyl groups excluding tert-OH is 2. The van der Waals surface area contributed by atoms with Gasteiger partial charge >= 0.3 is 0 Å². The van der Waals surface area contributed by atoms with Gasteiger partial charge in [-0.3, -0.25) is 0 Å². The predicted octanol–water partition coefficient (Wildman–Crippen LogP) is 3.68. The van der Waals surface area contributed by atoms with Crippen molar-refractivity contribution >= 4 is 11.6 Å². The van der Waals surface area contributed by atoms with Crippen LogP contribution in [0, 0.1) is 0 Å². The first-order valence-electron chi connectivity index (χ1n) is 5.95. The van der Waals surface area contributed by atoms with Gasteiger partial charge in [0.25, 0.3) is 0 Å². The molecule has 2 aromatic carbocycles. The molecule has 0 aromatic heterocycles. The van der Waals surface area contributed by atoms with E-state index in [9.17, 15) is 5.11 Å². The van der Waals surface area contributed by atoms with E-state index < -0.39 is 6.10 Å². The van der Waals surface area contributed by atoms with Gasteiger partial charge in [0.05, 0.1) is 17.7 Å². The minimum Gasteiger partial charge on any atom is -0.456 e. The highest BCUT2D eigenvalue weighted by molar-refractivity contribution is 6.32. The van der Waals surface area contributed by atoms with Gasteiger partial charge in [0, 0.05) is 0 Å². The summed E-state index contributed by atoms with van der Waals surface area (Å²) in [6.45, 7) is 1.64. The second-order valence-electron chi connectivity index (χ2n) is 4.27. The molecule has 0 radical (unpaired) electrons. The standard InChI is InChI=1S/C15H15ClO3/c1-10(18)12-5-6-15(14(16)8-12)19-13-4-2-3-11(7-13)9-17/h2-8,10,17-18H,9H2,1H3. The number of rotatable bonds is 4. The lowest BCUT2D eigenvalue weighted by Crippen LogP contribution is -1.92. The fraction of sp³-hybridized carbons (Fsp3) is 0.200. The van der Waals surface area contributed by atoms with Gasteiger partial charge in [-0.05, 0) is 42.3 Å². The van der Waals surface area contributed by atoms with Crippen molar-refractivity contribution in [3.05, 3.63) is 58.6 Å². The molecule has 0 spiro atoms. The molecular weight excluding hydrogens is 264 g/mol. The molecule has 2 aromatic rings. The Morgan fingerprint density at radius 1 is 1.21 bits per heavy atom. The summed E-state index contributed by atoms with van der Waals surface area (Å²) in [5.41, 5.74) is 1.51. The molecule has 0 heterocycles. The number of hydrogen-bond donors (Lipinski definition) is 2. The highest BCUT2D eigenvalue weighted by atomic mass is 35.5. The molecule has 0 aliphatic rings. The summed E-state index contributed by atoms with van der Waals surface area (Å²) in [5.74, 6) is 1.12. The summed E-state index contributed by atoms with van der Waals surface area (Å²) < 4.78 is 5.66. The van der Waals surface area contributed by atoms with Crippen molar-refractivity contribution in [2.24, 2.45) is 0 Å². The van der Waals surface area contributed by atoms with Gasteiger partial charge in [0.15, 0.2) is 0 Å². The first-order chi connectivity index (χ1) is 9.10. The fourth-order valence-corrected chi connectivity index (χ4v) is 1.92. The number of ether oxygens (including phenoxy) is 1. The van der Waals surface area contributed by atoms with Crippen LogP contribution in [0.3, 0.4) is 0 Å². The van der Waals surface area contributed by atoms with Gasteiger partial charge in [-0.25, -0.2) is 0 Å². The maximum Gasteiger partial charge on any atom is 0.146 e. The number of hydrogen-bond acceptors (Lipinski definition) is 3. The van der Waals surface area contributed by atoms with Gasteiger partial charge < -0.3 is 14.9 Å². The average Bonchev–Trinajstić information content (AvgIpc) is 2.41. The monoisotopic (exact) mass is 278 g/mol. The van der Waals surface area contributed by atoms with E-state index >= 15 is 0 Å². The van der Waals surface area contributed by atoms with E-state index in [2.05, 4.69) is 0 Å². The van der Waals surface area contributed by atoms with E-state index in [1.807, 2.05) is 6.07 Å². The Bertz CT molecular complexity index is 567. The summed E-state index contributed by atoms with van der Waals surface area (Å²) in [6.07, 6.45) is -0.565. The van der Waals surface area contributed by atoms with Gasteiger partial charge in [-0.1, -0.05) is 29.8 Å². The van der Waals surface area contributed by atoms with E-state index in [0.717, 1.165) is 11.1 Å². The predicted molar refractivity (Wildman–Crippen MR) is 74.5 cm³/mol. The molecular formula is C15H15ClO3. The van der Waals surface area contributed by atoms with Gasteiger partial charge in [-0.15, -0.1) is 0 Å². The maximum absolute atomic E-state index is 9.47. The van der Waals surface area contributed by atoms with E-state index in [1.54, 1.807) is 43.3 Å². The van der Waals surface area contributed by atoms with Crippen LogP contribution in [0.2, 0.25) is 5.02 Å². The molecule has 1 atom stereocenters. The van der Waals surface area contributed by atoms with E-state index in [-0.39, 0.29) is 6.61 Å². The van der Waals surface area contributed by atoms with Gasteiger partial charge in [-0.2, -0.15) is 0 Å². The maximum atomic E-state index is 9.47. The summed E-state index contributed by atoms with van der Waals surface area (Å²) in [4.78, 5) is 0. The molecule has 0 saturated heterocycles. The van der Waals surface area contributed by atoms with Crippen LogP contribution in [-0.2, 0) is 6.61 Å². The van der Waals surface area contributed by atoms with Crippen LogP contribution >= 0.6 is 11.6 Å². The van der Waals surface area contributed by atoms with Crippen LogP contribution in [0.4, 0.5) is 0 Å². The molecule has 3 nitrogen and oxygen atoms in total. The zero-order valence-corrected chi connectivity index (χ0v) is 11.3. The fourth-order valence-electron chi connectivity index (χ4n) is 1.69. The third kappa shape index (κ3) is 3.47. The quantitative estimate of drug-likeness (QED) is 0.897. The minimum atomic E-state index is -0.565. The molecule has 0 aliphatic heterocycles.